The van der Waals surface area contributed by atoms with Gasteiger partial charge in [-0.3, -0.25) is 0 Å². The Hall–Kier alpha value is -2.77. The second-order valence-electron chi connectivity index (χ2n) is 6.02. The number of aromatic nitrogens is 1. The first kappa shape index (κ1) is 18.0. The molecular formula is C18H19F3N4O. The van der Waals surface area contributed by atoms with Crippen LogP contribution in [0.25, 0.3) is 0 Å². The van der Waals surface area contributed by atoms with Crippen LogP contribution in [-0.4, -0.2) is 42.1 Å². The van der Waals surface area contributed by atoms with Crippen molar-refractivity contribution in [3.05, 3.63) is 59.8 Å². The maximum atomic E-state index is 12.7. The van der Waals surface area contributed by atoms with Gasteiger partial charge < -0.3 is 15.1 Å². The van der Waals surface area contributed by atoms with Gasteiger partial charge >= 0.3 is 12.2 Å². The molecule has 1 aliphatic rings. The van der Waals surface area contributed by atoms with Crippen molar-refractivity contribution in [1.82, 2.24) is 15.2 Å². The lowest BCUT2D eigenvalue weighted by Crippen LogP contribution is -2.51. The van der Waals surface area contributed by atoms with E-state index in [-0.39, 0.29) is 12.6 Å². The SMILES string of the molecule is O=C(NCc1cccc(C(F)(F)F)c1)N1CCN(c2ccccn2)CC1. The molecule has 26 heavy (non-hydrogen) atoms. The van der Waals surface area contributed by atoms with Crippen molar-refractivity contribution in [3.8, 4) is 0 Å². The van der Waals surface area contributed by atoms with Crippen molar-refractivity contribution in [2.24, 2.45) is 0 Å². The summed E-state index contributed by atoms with van der Waals surface area (Å²) in [5.74, 6) is 0.872. The van der Waals surface area contributed by atoms with Crippen LogP contribution in [0.1, 0.15) is 11.1 Å². The molecule has 0 unspecified atom stereocenters. The maximum absolute atomic E-state index is 12.7. The Morgan fingerprint density at radius 3 is 2.50 bits per heavy atom. The Bertz CT molecular complexity index is 744. The molecule has 1 aromatic carbocycles. The summed E-state index contributed by atoms with van der Waals surface area (Å²) < 4.78 is 38.2. The third-order valence-corrected chi connectivity index (χ3v) is 4.24. The van der Waals surface area contributed by atoms with Gasteiger partial charge in [0.2, 0.25) is 0 Å². The molecule has 138 valence electrons. The van der Waals surface area contributed by atoms with E-state index < -0.39 is 11.7 Å². The highest BCUT2D eigenvalue weighted by Gasteiger charge is 2.30. The van der Waals surface area contributed by atoms with Crippen molar-refractivity contribution in [3.63, 3.8) is 0 Å². The van der Waals surface area contributed by atoms with Gasteiger partial charge in [-0.2, -0.15) is 13.2 Å². The summed E-state index contributed by atoms with van der Waals surface area (Å²) in [6.07, 6.45) is -2.66. The smallest absolute Gasteiger partial charge is 0.353 e. The van der Waals surface area contributed by atoms with Gasteiger partial charge in [0.25, 0.3) is 0 Å². The number of piperazine rings is 1. The molecule has 8 heteroatoms. The van der Waals surface area contributed by atoms with E-state index in [0.29, 0.717) is 31.7 Å². The quantitative estimate of drug-likeness (QED) is 0.910. The van der Waals surface area contributed by atoms with Gasteiger partial charge in [-0.15, -0.1) is 0 Å². The summed E-state index contributed by atoms with van der Waals surface area (Å²) in [6.45, 7) is 2.45. The predicted octanol–water partition coefficient (Wildman–Crippen LogP) is 3.13. The van der Waals surface area contributed by atoms with Crippen LogP contribution in [0.4, 0.5) is 23.8 Å². The van der Waals surface area contributed by atoms with E-state index in [0.717, 1.165) is 18.0 Å². The summed E-state index contributed by atoms with van der Waals surface area (Å²) >= 11 is 0. The van der Waals surface area contributed by atoms with E-state index in [9.17, 15) is 18.0 Å². The lowest BCUT2D eigenvalue weighted by atomic mass is 10.1. The van der Waals surface area contributed by atoms with Crippen LogP contribution in [0.2, 0.25) is 0 Å². The molecular weight excluding hydrogens is 345 g/mol. The van der Waals surface area contributed by atoms with Crippen molar-refractivity contribution in [2.75, 3.05) is 31.1 Å². The van der Waals surface area contributed by atoms with Crippen LogP contribution >= 0.6 is 0 Å². The fourth-order valence-electron chi connectivity index (χ4n) is 2.83. The molecule has 0 radical (unpaired) electrons. The van der Waals surface area contributed by atoms with Crippen LogP contribution in [0.15, 0.2) is 48.7 Å². The number of hydrogen-bond acceptors (Lipinski definition) is 3. The number of anilines is 1. The number of carbonyl (C=O) groups excluding carboxylic acids is 1. The molecule has 0 aliphatic carbocycles. The largest absolute Gasteiger partial charge is 0.416 e. The summed E-state index contributed by atoms with van der Waals surface area (Å²) in [5, 5.41) is 2.69. The Kier molecular flexibility index (Phi) is 5.29. The molecule has 2 heterocycles. The number of carbonyl (C=O) groups is 1. The third kappa shape index (κ3) is 4.44. The van der Waals surface area contributed by atoms with Crippen LogP contribution in [-0.2, 0) is 12.7 Å². The Morgan fingerprint density at radius 2 is 1.85 bits per heavy atom. The number of urea groups is 1. The Balaban J connectivity index is 1.51. The standard InChI is InChI=1S/C18H19F3N4O/c19-18(20,21)15-5-3-4-14(12-15)13-23-17(26)25-10-8-24(9-11-25)16-6-1-2-7-22-16/h1-7,12H,8-11,13H2,(H,23,26). The fourth-order valence-corrected chi connectivity index (χ4v) is 2.83. The molecule has 2 amide bonds. The minimum atomic E-state index is -4.39. The van der Waals surface area contributed by atoms with Crippen molar-refractivity contribution in [2.45, 2.75) is 12.7 Å². The Morgan fingerprint density at radius 1 is 1.08 bits per heavy atom. The molecule has 3 rings (SSSR count). The van der Waals surface area contributed by atoms with Gasteiger partial charge in [0.1, 0.15) is 5.82 Å². The number of nitrogens with one attached hydrogen (secondary N) is 1. The van der Waals surface area contributed by atoms with Crippen molar-refractivity contribution < 1.29 is 18.0 Å². The van der Waals surface area contributed by atoms with Gasteiger partial charge in [0.15, 0.2) is 0 Å². The average molecular weight is 364 g/mol. The lowest BCUT2D eigenvalue weighted by molar-refractivity contribution is -0.137. The molecule has 0 spiro atoms. The zero-order valence-corrected chi connectivity index (χ0v) is 14.0. The molecule has 0 bridgehead atoms. The van der Waals surface area contributed by atoms with Gasteiger partial charge in [-0.05, 0) is 29.8 Å². The van der Waals surface area contributed by atoms with Gasteiger partial charge in [0.05, 0.1) is 5.56 Å². The van der Waals surface area contributed by atoms with Gasteiger partial charge in [0, 0.05) is 38.9 Å². The van der Waals surface area contributed by atoms with E-state index in [1.165, 1.54) is 6.07 Å². The van der Waals surface area contributed by atoms with E-state index in [2.05, 4.69) is 15.2 Å². The summed E-state index contributed by atoms with van der Waals surface area (Å²) in [4.78, 5) is 20.3. The monoisotopic (exact) mass is 364 g/mol. The molecule has 5 nitrogen and oxygen atoms in total. The first-order valence-corrected chi connectivity index (χ1v) is 8.28. The topological polar surface area (TPSA) is 48.5 Å². The third-order valence-electron chi connectivity index (χ3n) is 4.24. The lowest BCUT2D eigenvalue weighted by Gasteiger charge is -2.35. The average Bonchev–Trinajstić information content (AvgIpc) is 2.66. The van der Waals surface area contributed by atoms with E-state index in [4.69, 9.17) is 0 Å². The molecule has 2 aromatic rings. The predicted molar refractivity (Wildman–Crippen MR) is 91.7 cm³/mol. The normalized spacial score (nSPS) is 15.0. The number of rotatable bonds is 3. The van der Waals surface area contributed by atoms with E-state index in [1.54, 1.807) is 17.2 Å². The highest BCUT2D eigenvalue weighted by atomic mass is 19.4. The number of hydrogen-bond donors (Lipinski definition) is 1. The minimum absolute atomic E-state index is 0.0587. The van der Waals surface area contributed by atoms with Crippen LogP contribution in [0.5, 0.6) is 0 Å². The molecule has 1 fully saturated rings. The second kappa shape index (κ2) is 7.63. The van der Waals surface area contributed by atoms with Crippen LogP contribution in [0, 0.1) is 0 Å². The highest BCUT2D eigenvalue weighted by molar-refractivity contribution is 5.74. The number of nitrogens with zero attached hydrogens (tertiary/aromatic N) is 3. The minimum Gasteiger partial charge on any atom is -0.353 e. The van der Waals surface area contributed by atoms with Crippen LogP contribution < -0.4 is 10.2 Å². The number of halogens is 3. The number of alkyl halides is 3. The molecule has 0 atom stereocenters. The van der Waals surface area contributed by atoms with E-state index >= 15 is 0 Å². The summed E-state index contributed by atoms with van der Waals surface area (Å²) in [6, 6.07) is 10.4. The van der Waals surface area contributed by atoms with Crippen LogP contribution in [0.3, 0.4) is 0 Å². The molecule has 1 aliphatic heterocycles. The molecule has 1 aromatic heterocycles. The second-order valence-corrected chi connectivity index (χ2v) is 6.02. The van der Waals surface area contributed by atoms with Crippen molar-refractivity contribution >= 4 is 11.8 Å². The van der Waals surface area contributed by atoms with Gasteiger partial charge in [-0.1, -0.05) is 18.2 Å². The van der Waals surface area contributed by atoms with E-state index in [1.807, 2.05) is 18.2 Å². The number of amides is 2. The number of benzene rings is 1. The molecule has 0 saturated carbocycles. The maximum Gasteiger partial charge on any atom is 0.416 e. The molecule has 1 N–H and O–H groups in total. The highest BCUT2D eigenvalue weighted by Crippen LogP contribution is 2.29. The number of pyridine rings is 1. The zero-order valence-electron chi connectivity index (χ0n) is 14.0. The first-order chi connectivity index (χ1) is 12.4. The molecule has 1 saturated heterocycles. The summed E-state index contributed by atoms with van der Waals surface area (Å²) in [5.41, 5.74) is -0.298. The van der Waals surface area contributed by atoms with Crippen molar-refractivity contribution in [1.29, 1.82) is 0 Å². The zero-order chi connectivity index (χ0) is 18.6. The first-order valence-electron chi connectivity index (χ1n) is 8.28. The Labute approximate surface area is 149 Å². The fraction of sp³-hybridized carbons (Fsp3) is 0.333. The van der Waals surface area contributed by atoms with Gasteiger partial charge in [-0.25, -0.2) is 9.78 Å². The summed E-state index contributed by atoms with van der Waals surface area (Å²) in [7, 11) is 0.